The molecule has 6 aliphatic rings. The molecule has 0 N–H and O–H groups in total. The van der Waals surface area contributed by atoms with Crippen molar-refractivity contribution in [3.8, 4) is 0 Å². The van der Waals surface area contributed by atoms with E-state index in [1.165, 1.54) is 52.0 Å². The lowest BCUT2D eigenvalue weighted by atomic mass is 9.32. The highest BCUT2D eigenvalue weighted by Crippen LogP contribution is 2.77. The Balaban J connectivity index is 1.23. The first-order valence-electron chi connectivity index (χ1n) is 20.8. The Morgan fingerprint density at radius 3 is 2.02 bits per heavy atom. The quantitative estimate of drug-likeness (QED) is 0.0986. The molecule has 0 aromatic carbocycles. The van der Waals surface area contributed by atoms with Gasteiger partial charge >= 0.3 is 23.9 Å². The summed E-state index contributed by atoms with van der Waals surface area (Å²) >= 11 is 0. The van der Waals surface area contributed by atoms with Crippen molar-refractivity contribution in [2.24, 2.45) is 56.7 Å². The Morgan fingerprint density at radius 2 is 1.39 bits per heavy atom. The first-order valence-corrected chi connectivity index (χ1v) is 20.8. The molecule has 14 atom stereocenters. The number of rotatable bonds is 9. The van der Waals surface area contributed by atoms with Crippen LogP contribution in [0.25, 0.3) is 0 Å². The van der Waals surface area contributed by atoms with Gasteiger partial charge in [0.15, 0.2) is 12.4 Å². The highest BCUT2D eigenvalue weighted by Gasteiger charge is 2.71. The van der Waals surface area contributed by atoms with E-state index in [0.29, 0.717) is 36.2 Å². The molecule has 0 radical (unpaired) electrons. The van der Waals surface area contributed by atoms with Crippen LogP contribution in [0.15, 0.2) is 12.2 Å². The molecule has 304 valence electrons. The summed E-state index contributed by atoms with van der Waals surface area (Å²) in [6.45, 7) is 25.2. The van der Waals surface area contributed by atoms with Gasteiger partial charge in [0.25, 0.3) is 0 Å². The average Bonchev–Trinajstić information content (AvgIpc) is 3.45. The van der Waals surface area contributed by atoms with E-state index in [-0.39, 0.29) is 52.2 Å². The van der Waals surface area contributed by atoms with Crippen LogP contribution in [0.1, 0.15) is 140 Å². The maximum absolute atomic E-state index is 12.2. The van der Waals surface area contributed by atoms with Crippen LogP contribution in [-0.4, -0.2) is 67.8 Å². The van der Waals surface area contributed by atoms with Gasteiger partial charge in [0.2, 0.25) is 0 Å². The van der Waals surface area contributed by atoms with E-state index in [1.54, 1.807) is 6.92 Å². The van der Waals surface area contributed by atoms with Crippen molar-refractivity contribution in [2.75, 3.05) is 13.2 Å². The van der Waals surface area contributed by atoms with Crippen molar-refractivity contribution < 1.29 is 47.6 Å². The molecule has 0 amide bonds. The minimum absolute atomic E-state index is 0.0478. The van der Waals surface area contributed by atoms with Crippen LogP contribution in [-0.2, 0) is 47.6 Å². The van der Waals surface area contributed by atoms with Gasteiger partial charge in [-0.25, -0.2) is 0 Å². The van der Waals surface area contributed by atoms with E-state index in [9.17, 15) is 19.2 Å². The number of esters is 4. The molecule has 6 fully saturated rings. The summed E-state index contributed by atoms with van der Waals surface area (Å²) in [6.07, 6.45) is 7.95. The second kappa shape index (κ2) is 14.8. The Kier molecular flexibility index (Phi) is 11.3. The summed E-state index contributed by atoms with van der Waals surface area (Å²) in [4.78, 5) is 48.1. The lowest BCUT2D eigenvalue weighted by Crippen LogP contribution is -2.67. The molecule has 1 aliphatic heterocycles. The molecule has 0 aromatic rings. The van der Waals surface area contributed by atoms with Crippen LogP contribution in [0.5, 0.6) is 0 Å². The summed E-state index contributed by atoms with van der Waals surface area (Å²) in [5.41, 5.74) is 1.66. The Morgan fingerprint density at radius 1 is 0.704 bits per heavy atom. The van der Waals surface area contributed by atoms with Crippen molar-refractivity contribution in [1.29, 1.82) is 0 Å². The number of fused-ring (bicyclic) bond motifs is 7. The van der Waals surface area contributed by atoms with E-state index in [2.05, 4.69) is 48.1 Å². The zero-order chi connectivity index (χ0) is 39.6. The van der Waals surface area contributed by atoms with E-state index >= 15 is 0 Å². The summed E-state index contributed by atoms with van der Waals surface area (Å²) in [6, 6.07) is 0. The second-order valence-corrected chi connectivity index (χ2v) is 19.7. The lowest BCUT2D eigenvalue weighted by molar-refractivity contribution is -0.304. The largest absolute Gasteiger partial charge is 0.465 e. The van der Waals surface area contributed by atoms with Gasteiger partial charge in [-0.15, -0.1) is 0 Å². The Bertz CT molecular complexity index is 1490. The summed E-state index contributed by atoms with van der Waals surface area (Å²) in [5, 5.41) is 0. The van der Waals surface area contributed by atoms with Crippen molar-refractivity contribution in [1.82, 2.24) is 0 Å². The molecule has 1 saturated heterocycles. The van der Waals surface area contributed by atoms with Crippen molar-refractivity contribution in [2.45, 2.75) is 171 Å². The maximum Gasteiger partial charge on any atom is 0.303 e. The fraction of sp³-hybridized carbons (Fsp3) is 0.864. The highest BCUT2D eigenvalue weighted by atomic mass is 16.7. The number of hydrogen-bond donors (Lipinski definition) is 0. The molecule has 0 unspecified atom stereocenters. The van der Waals surface area contributed by atoms with Crippen LogP contribution in [0.2, 0.25) is 0 Å². The average molecular weight is 757 g/mol. The smallest absolute Gasteiger partial charge is 0.303 e. The van der Waals surface area contributed by atoms with E-state index in [1.807, 2.05) is 0 Å². The van der Waals surface area contributed by atoms with Gasteiger partial charge < -0.3 is 28.4 Å². The van der Waals surface area contributed by atoms with Gasteiger partial charge in [0, 0.05) is 39.5 Å². The SMILES string of the molecule is C=C(C)[C@@H]1CC[C@]2(COC(C)=O)CC[C@]3(C)[C@H](CC[C@@H]4[C@@]5(C)CC[C@H](O[C@@H]6C[C@@H](OC(C)=O)[C@H](OC(C)=O)[C@@H](COC(C)=O)O6)C(C)(C)[C@@H]5CC[C@]43C)[C@@H]12. The molecular weight excluding hydrogens is 688 g/mol. The number of allylic oxidation sites excluding steroid dienone is 1. The molecule has 10 heteroatoms. The molecule has 0 spiro atoms. The number of ether oxygens (including phenoxy) is 6. The first-order chi connectivity index (χ1) is 25.2. The number of carbonyl (C=O) groups is 4. The predicted octanol–water partition coefficient (Wildman–Crippen LogP) is 8.13. The third kappa shape index (κ3) is 6.96. The molecule has 0 bridgehead atoms. The van der Waals surface area contributed by atoms with Crippen molar-refractivity contribution in [3.63, 3.8) is 0 Å². The summed E-state index contributed by atoms with van der Waals surface area (Å²) in [5.74, 6) is 0.854. The minimum Gasteiger partial charge on any atom is -0.465 e. The minimum atomic E-state index is -0.928. The van der Waals surface area contributed by atoms with Gasteiger partial charge in [-0.2, -0.15) is 0 Å². The van der Waals surface area contributed by atoms with Gasteiger partial charge in [-0.05, 0) is 122 Å². The molecule has 5 saturated carbocycles. The van der Waals surface area contributed by atoms with Gasteiger partial charge in [0.1, 0.15) is 18.8 Å². The van der Waals surface area contributed by atoms with E-state index < -0.39 is 42.5 Å². The van der Waals surface area contributed by atoms with Crippen LogP contribution >= 0.6 is 0 Å². The summed E-state index contributed by atoms with van der Waals surface area (Å²) in [7, 11) is 0. The van der Waals surface area contributed by atoms with Crippen LogP contribution in [0, 0.1) is 56.7 Å². The number of carbonyl (C=O) groups excluding carboxylic acids is 4. The fourth-order valence-corrected chi connectivity index (χ4v) is 14.2. The summed E-state index contributed by atoms with van der Waals surface area (Å²) < 4.78 is 35.7. The fourth-order valence-electron chi connectivity index (χ4n) is 14.2. The van der Waals surface area contributed by atoms with Gasteiger partial charge in [-0.3, -0.25) is 19.2 Å². The third-order valence-corrected chi connectivity index (χ3v) is 16.6. The molecule has 54 heavy (non-hydrogen) atoms. The third-order valence-electron chi connectivity index (χ3n) is 16.6. The standard InChI is InChI=1S/C44H68O10/c1-25(2)30-14-19-44(24-50-27(4)46)21-20-42(10)31(38(30)44)12-13-35-41(9)17-16-36(40(7,8)34(41)15-18-43(35,42)11)54-37-22-32(51-28(5)47)39(52-29(6)48)33(53-37)23-49-26(3)45/h30-39H,1,12-24H2,2-11H3/t30-,31+,32+,33+,34-,35+,36-,37+,38+,39-,41-,42+,43+,44+/m0/s1. The van der Waals surface area contributed by atoms with E-state index in [0.717, 1.165) is 38.5 Å². The zero-order valence-electron chi connectivity index (χ0n) is 34.8. The molecule has 6 rings (SSSR count). The predicted molar refractivity (Wildman–Crippen MR) is 201 cm³/mol. The molecular formula is C44H68O10. The molecule has 0 aromatic heterocycles. The maximum atomic E-state index is 12.2. The first kappa shape index (κ1) is 41.2. The Hall–Kier alpha value is -2.46. The monoisotopic (exact) mass is 756 g/mol. The highest BCUT2D eigenvalue weighted by molar-refractivity contribution is 5.68. The molecule has 10 nitrogen and oxygen atoms in total. The van der Waals surface area contributed by atoms with Crippen LogP contribution in [0.3, 0.4) is 0 Å². The van der Waals surface area contributed by atoms with Crippen LogP contribution in [0.4, 0.5) is 0 Å². The van der Waals surface area contributed by atoms with E-state index in [4.69, 9.17) is 28.4 Å². The van der Waals surface area contributed by atoms with Crippen LogP contribution < -0.4 is 0 Å². The van der Waals surface area contributed by atoms with Crippen molar-refractivity contribution in [3.05, 3.63) is 12.2 Å². The zero-order valence-corrected chi connectivity index (χ0v) is 34.8. The topological polar surface area (TPSA) is 124 Å². The second-order valence-electron chi connectivity index (χ2n) is 19.7. The molecule has 1 heterocycles. The lowest BCUT2D eigenvalue weighted by Gasteiger charge is -2.73. The normalized spacial score (nSPS) is 45.0. The molecule has 5 aliphatic carbocycles. The van der Waals surface area contributed by atoms with Gasteiger partial charge in [-0.1, -0.05) is 46.8 Å². The Labute approximate surface area is 323 Å². The number of hydrogen-bond acceptors (Lipinski definition) is 10. The van der Waals surface area contributed by atoms with Gasteiger partial charge in [0.05, 0.1) is 12.7 Å². The van der Waals surface area contributed by atoms with Crippen molar-refractivity contribution >= 4 is 23.9 Å².